The molecule has 0 saturated carbocycles. The molecule has 1 N–H and O–H groups in total. The Balaban J connectivity index is 2.56. The number of hydrogen-bond donors (Lipinski definition) is 1. The molecular weight excluding hydrogens is 228 g/mol. The average molecular weight is 235 g/mol. The van der Waals surface area contributed by atoms with Gasteiger partial charge in [-0.1, -0.05) is 12.1 Å². The van der Waals surface area contributed by atoms with Gasteiger partial charge in [-0.25, -0.2) is 4.98 Å². The second kappa shape index (κ2) is 3.35. The van der Waals surface area contributed by atoms with Crippen molar-refractivity contribution >= 4 is 33.7 Å². The van der Waals surface area contributed by atoms with E-state index in [4.69, 9.17) is 16.0 Å². The minimum absolute atomic E-state index is 0.171. The van der Waals surface area contributed by atoms with Crippen molar-refractivity contribution < 1.29 is 4.42 Å². The quantitative estimate of drug-likeness (QED) is 0.658. The summed E-state index contributed by atoms with van der Waals surface area (Å²) in [4.78, 5) is 18.5. The van der Waals surface area contributed by atoms with E-state index in [1.807, 2.05) is 18.2 Å². The summed E-state index contributed by atoms with van der Waals surface area (Å²) < 4.78 is 5.43. The van der Waals surface area contributed by atoms with Gasteiger partial charge in [0.1, 0.15) is 16.9 Å². The molecule has 0 aliphatic rings. The predicted molar refractivity (Wildman–Crippen MR) is 61.7 cm³/mol. The first-order valence-corrected chi connectivity index (χ1v) is 5.29. The molecule has 0 amide bonds. The molecular formula is C11H7ClN2O2. The third-order valence-corrected chi connectivity index (χ3v) is 2.66. The Morgan fingerprint density at radius 2 is 2.19 bits per heavy atom. The molecule has 0 radical (unpaired) electrons. The molecule has 2 aromatic heterocycles. The summed E-state index contributed by atoms with van der Waals surface area (Å²) >= 11 is 5.65. The monoisotopic (exact) mass is 234 g/mol. The van der Waals surface area contributed by atoms with Crippen LogP contribution in [0.4, 0.5) is 0 Å². The molecule has 0 saturated heterocycles. The van der Waals surface area contributed by atoms with Gasteiger partial charge in [0.2, 0.25) is 5.58 Å². The number of alkyl halides is 1. The van der Waals surface area contributed by atoms with Gasteiger partial charge in [0.05, 0.1) is 5.88 Å². The largest absolute Gasteiger partial charge is 0.449 e. The third kappa shape index (κ3) is 1.23. The number of nitrogens with one attached hydrogen (secondary N) is 1. The molecule has 3 rings (SSSR count). The molecule has 0 fully saturated rings. The van der Waals surface area contributed by atoms with Crippen LogP contribution < -0.4 is 5.56 Å². The summed E-state index contributed by atoms with van der Waals surface area (Å²) in [6.07, 6.45) is 0. The maximum absolute atomic E-state index is 11.7. The summed E-state index contributed by atoms with van der Waals surface area (Å²) in [7, 11) is 0. The summed E-state index contributed by atoms with van der Waals surface area (Å²) in [6.45, 7) is 0. The van der Waals surface area contributed by atoms with Crippen molar-refractivity contribution in [3.63, 3.8) is 0 Å². The molecule has 80 valence electrons. The van der Waals surface area contributed by atoms with Crippen molar-refractivity contribution in [1.82, 2.24) is 9.97 Å². The van der Waals surface area contributed by atoms with Gasteiger partial charge in [0.25, 0.3) is 5.56 Å². The SMILES string of the molecule is O=c1[nH]c(CCl)nc2c1oc1ccccc12. The fourth-order valence-corrected chi connectivity index (χ4v) is 1.84. The number of para-hydroxylation sites is 1. The molecule has 1 aromatic carbocycles. The molecule has 2 heterocycles. The van der Waals surface area contributed by atoms with Crippen molar-refractivity contribution in [2.45, 2.75) is 5.88 Å². The number of halogens is 1. The Hall–Kier alpha value is -1.81. The molecule has 0 aliphatic heterocycles. The van der Waals surface area contributed by atoms with Gasteiger partial charge in [-0.05, 0) is 12.1 Å². The third-order valence-electron chi connectivity index (χ3n) is 2.41. The number of hydrogen-bond acceptors (Lipinski definition) is 3. The van der Waals surface area contributed by atoms with Gasteiger partial charge >= 0.3 is 0 Å². The lowest BCUT2D eigenvalue weighted by Crippen LogP contribution is -2.09. The molecule has 16 heavy (non-hydrogen) atoms. The Labute approximate surface area is 94.9 Å². The Morgan fingerprint density at radius 3 is 3.00 bits per heavy atom. The topological polar surface area (TPSA) is 58.9 Å². The minimum Gasteiger partial charge on any atom is -0.449 e. The van der Waals surface area contributed by atoms with Gasteiger partial charge < -0.3 is 9.40 Å². The van der Waals surface area contributed by atoms with E-state index >= 15 is 0 Å². The fourth-order valence-electron chi connectivity index (χ4n) is 1.71. The lowest BCUT2D eigenvalue weighted by atomic mass is 10.2. The van der Waals surface area contributed by atoms with Gasteiger partial charge in [-0.2, -0.15) is 0 Å². The van der Waals surface area contributed by atoms with Crippen molar-refractivity contribution in [3.8, 4) is 0 Å². The summed E-state index contributed by atoms with van der Waals surface area (Å²) in [6, 6.07) is 7.39. The number of furan rings is 1. The van der Waals surface area contributed by atoms with E-state index in [2.05, 4.69) is 9.97 Å². The van der Waals surface area contributed by atoms with E-state index in [9.17, 15) is 4.79 Å². The van der Waals surface area contributed by atoms with Crippen LogP contribution in [0.25, 0.3) is 22.1 Å². The van der Waals surface area contributed by atoms with Crippen LogP contribution in [0.1, 0.15) is 5.82 Å². The van der Waals surface area contributed by atoms with Gasteiger partial charge in [0, 0.05) is 5.39 Å². The van der Waals surface area contributed by atoms with Crippen molar-refractivity contribution in [3.05, 3.63) is 40.4 Å². The standard InChI is InChI=1S/C11H7ClN2O2/c12-5-8-13-9-6-3-1-2-4-7(6)16-10(9)11(15)14-8/h1-4H,5H2,(H,13,14,15). The van der Waals surface area contributed by atoms with Crippen LogP contribution in [-0.2, 0) is 5.88 Å². The van der Waals surface area contributed by atoms with Crippen molar-refractivity contribution in [1.29, 1.82) is 0 Å². The number of nitrogens with zero attached hydrogens (tertiary/aromatic N) is 1. The molecule has 0 unspecified atom stereocenters. The number of H-pyrrole nitrogens is 1. The smallest absolute Gasteiger partial charge is 0.294 e. The van der Waals surface area contributed by atoms with E-state index < -0.39 is 0 Å². The van der Waals surface area contributed by atoms with Crippen molar-refractivity contribution in [2.24, 2.45) is 0 Å². The second-order valence-electron chi connectivity index (χ2n) is 3.42. The van der Waals surface area contributed by atoms with E-state index in [0.29, 0.717) is 16.9 Å². The van der Waals surface area contributed by atoms with Gasteiger partial charge in [-0.3, -0.25) is 4.79 Å². The van der Waals surface area contributed by atoms with E-state index in [0.717, 1.165) is 5.39 Å². The highest BCUT2D eigenvalue weighted by Gasteiger charge is 2.11. The first-order chi connectivity index (χ1) is 7.79. The zero-order valence-electron chi connectivity index (χ0n) is 8.16. The van der Waals surface area contributed by atoms with Crippen LogP contribution in [0.15, 0.2) is 33.5 Å². The van der Waals surface area contributed by atoms with Crippen LogP contribution in [-0.4, -0.2) is 9.97 Å². The van der Waals surface area contributed by atoms with Crippen LogP contribution in [0, 0.1) is 0 Å². The predicted octanol–water partition coefficient (Wildman–Crippen LogP) is 2.41. The first-order valence-electron chi connectivity index (χ1n) is 4.76. The molecule has 4 nitrogen and oxygen atoms in total. The summed E-state index contributed by atoms with van der Waals surface area (Å²) in [5.41, 5.74) is 1.17. The Bertz CT molecular complexity index is 730. The second-order valence-corrected chi connectivity index (χ2v) is 3.69. The lowest BCUT2D eigenvalue weighted by Gasteiger charge is -1.93. The number of aromatic nitrogens is 2. The van der Waals surface area contributed by atoms with Crippen LogP contribution in [0.5, 0.6) is 0 Å². The first kappa shape index (κ1) is 9.42. The summed E-state index contributed by atoms with van der Waals surface area (Å²) in [5, 5.41) is 0.829. The van der Waals surface area contributed by atoms with Gasteiger partial charge in [0.15, 0.2) is 0 Å². The zero-order valence-corrected chi connectivity index (χ0v) is 8.91. The zero-order chi connectivity index (χ0) is 11.1. The molecule has 5 heteroatoms. The van der Waals surface area contributed by atoms with E-state index in [1.165, 1.54) is 0 Å². The highest BCUT2D eigenvalue weighted by atomic mass is 35.5. The van der Waals surface area contributed by atoms with E-state index in [1.54, 1.807) is 6.07 Å². The minimum atomic E-state index is -0.295. The van der Waals surface area contributed by atoms with Crippen molar-refractivity contribution in [2.75, 3.05) is 0 Å². The molecule has 3 aromatic rings. The number of benzene rings is 1. The van der Waals surface area contributed by atoms with Crippen LogP contribution in [0.3, 0.4) is 0 Å². The highest BCUT2D eigenvalue weighted by molar-refractivity contribution is 6.16. The molecule has 0 atom stereocenters. The fraction of sp³-hybridized carbons (Fsp3) is 0.0909. The lowest BCUT2D eigenvalue weighted by molar-refractivity contribution is 0.660. The normalized spacial score (nSPS) is 11.3. The average Bonchev–Trinajstić information content (AvgIpc) is 2.68. The number of aromatic amines is 1. The molecule has 0 bridgehead atoms. The van der Waals surface area contributed by atoms with Crippen LogP contribution in [0.2, 0.25) is 0 Å². The van der Waals surface area contributed by atoms with Crippen LogP contribution >= 0.6 is 11.6 Å². The number of rotatable bonds is 1. The molecule has 0 aliphatic carbocycles. The maximum atomic E-state index is 11.7. The van der Waals surface area contributed by atoms with Gasteiger partial charge in [-0.15, -0.1) is 11.6 Å². The Morgan fingerprint density at radius 1 is 1.38 bits per heavy atom. The van der Waals surface area contributed by atoms with E-state index in [-0.39, 0.29) is 17.0 Å². The summed E-state index contributed by atoms with van der Waals surface area (Å²) in [5.74, 6) is 0.621. The maximum Gasteiger partial charge on any atom is 0.294 e. The number of fused-ring (bicyclic) bond motifs is 3. The molecule has 0 spiro atoms. The Kier molecular flexibility index (Phi) is 1.97. The highest BCUT2D eigenvalue weighted by Crippen LogP contribution is 2.24.